The minimum atomic E-state index is -3.71. The summed E-state index contributed by atoms with van der Waals surface area (Å²) in [5.41, 5.74) is 0. The van der Waals surface area contributed by atoms with Gasteiger partial charge in [-0.15, -0.1) is 0 Å². The summed E-state index contributed by atoms with van der Waals surface area (Å²) >= 11 is 11.9. The van der Waals surface area contributed by atoms with E-state index in [1.54, 1.807) is 29.2 Å². The van der Waals surface area contributed by atoms with Crippen LogP contribution in [0.25, 0.3) is 0 Å². The zero-order valence-corrected chi connectivity index (χ0v) is 18.8. The number of carbonyl (C=O) groups excluding carboxylic acids is 1. The number of sulfonamides is 1. The van der Waals surface area contributed by atoms with Crippen molar-refractivity contribution in [3.8, 4) is 17.2 Å². The van der Waals surface area contributed by atoms with Crippen molar-refractivity contribution in [2.45, 2.75) is 4.90 Å². The van der Waals surface area contributed by atoms with Gasteiger partial charge in [0.25, 0.3) is 5.91 Å². The Morgan fingerprint density at radius 3 is 2.26 bits per heavy atom. The molecule has 0 atom stereocenters. The third kappa shape index (κ3) is 5.01. The Balaban J connectivity index is 1.35. The van der Waals surface area contributed by atoms with Crippen LogP contribution in [0.5, 0.6) is 17.2 Å². The molecule has 2 heterocycles. The van der Waals surface area contributed by atoms with Gasteiger partial charge in [0.15, 0.2) is 18.1 Å². The van der Waals surface area contributed by atoms with Crippen molar-refractivity contribution in [2.24, 2.45) is 0 Å². The molecule has 4 rings (SSSR count). The smallest absolute Gasteiger partial charge is 0.260 e. The minimum Gasteiger partial charge on any atom is -0.486 e. The average molecular weight is 487 g/mol. The van der Waals surface area contributed by atoms with Crippen LogP contribution >= 0.6 is 23.2 Å². The molecule has 0 aliphatic carbocycles. The molecule has 11 heteroatoms. The van der Waals surface area contributed by atoms with E-state index in [1.807, 2.05) is 0 Å². The third-order valence-corrected chi connectivity index (χ3v) is 7.27. The first-order valence-electron chi connectivity index (χ1n) is 9.59. The van der Waals surface area contributed by atoms with Gasteiger partial charge in [0.2, 0.25) is 10.0 Å². The summed E-state index contributed by atoms with van der Waals surface area (Å²) < 4.78 is 43.8. The van der Waals surface area contributed by atoms with Crippen LogP contribution in [0, 0.1) is 0 Å². The number of halogens is 2. The van der Waals surface area contributed by atoms with Crippen molar-refractivity contribution in [2.75, 3.05) is 46.0 Å². The fourth-order valence-corrected chi connectivity index (χ4v) is 5.30. The molecule has 8 nitrogen and oxygen atoms in total. The number of nitrogens with zero attached hydrogens (tertiary/aromatic N) is 2. The Bertz CT molecular complexity index is 1070. The molecule has 0 aromatic heterocycles. The van der Waals surface area contributed by atoms with Gasteiger partial charge in [0.1, 0.15) is 19.0 Å². The summed E-state index contributed by atoms with van der Waals surface area (Å²) in [4.78, 5) is 14.2. The van der Waals surface area contributed by atoms with E-state index in [9.17, 15) is 13.2 Å². The van der Waals surface area contributed by atoms with Crippen LogP contribution in [0.2, 0.25) is 10.0 Å². The Morgan fingerprint density at radius 1 is 0.935 bits per heavy atom. The molecule has 0 bridgehead atoms. The molecule has 166 valence electrons. The lowest BCUT2D eigenvalue weighted by atomic mass is 10.3. The lowest BCUT2D eigenvalue weighted by molar-refractivity contribution is -0.134. The standard InChI is InChI=1S/C20H20Cl2N2O6S/c21-14-9-15(22)11-16(10-14)30-13-20(25)23-3-5-24(6-4-23)31(26,27)17-1-2-18-19(12-17)29-8-7-28-18/h1-2,9-12H,3-8,13H2. The number of benzene rings is 2. The highest BCUT2D eigenvalue weighted by molar-refractivity contribution is 7.89. The molecule has 2 aliphatic heterocycles. The van der Waals surface area contributed by atoms with E-state index >= 15 is 0 Å². The molecule has 0 saturated carbocycles. The normalized spacial score (nSPS) is 16.8. The number of fused-ring (bicyclic) bond motifs is 1. The molecule has 1 amide bonds. The van der Waals surface area contributed by atoms with Crippen molar-refractivity contribution in [1.82, 2.24) is 9.21 Å². The molecule has 0 radical (unpaired) electrons. The average Bonchev–Trinajstić information content (AvgIpc) is 2.76. The van der Waals surface area contributed by atoms with E-state index in [1.165, 1.54) is 16.4 Å². The maximum absolute atomic E-state index is 13.0. The molecule has 2 aromatic carbocycles. The lowest BCUT2D eigenvalue weighted by Gasteiger charge is -2.34. The molecular weight excluding hydrogens is 467 g/mol. The zero-order valence-electron chi connectivity index (χ0n) is 16.4. The first-order chi connectivity index (χ1) is 14.8. The van der Waals surface area contributed by atoms with Gasteiger partial charge in [0, 0.05) is 42.3 Å². The fraction of sp³-hybridized carbons (Fsp3) is 0.350. The minimum absolute atomic E-state index is 0.137. The fourth-order valence-electron chi connectivity index (χ4n) is 3.36. The van der Waals surface area contributed by atoms with Crippen molar-refractivity contribution in [3.05, 3.63) is 46.4 Å². The highest BCUT2D eigenvalue weighted by atomic mass is 35.5. The van der Waals surface area contributed by atoms with Gasteiger partial charge in [-0.2, -0.15) is 4.31 Å². The quantitative estimate of drug-likeness (QED) is 0.645. The largest absolute Gasteiger partial charge is 0.486 e. The Kier molecular flexibility index (Phi) is 6.47. The van der Waals surface area contributed by atoms with Gasteiger partial charge in [-0.1, -0.05) is 23.2 Å². The van der Waals surface area contributed by atoms with Crippen LogP contribution in [0.4, 0.5) is 0 Å². The number of ether oxygens (including phenoxy) is 3. The Hall–Kier alpha value is -2.20. The van der Waals surface area contributed by atoms with Crippen molar-refractivity contribution in [1.29, 1.82) is 0 Å². The molecule has 0 spiro atoms. The van der Waals surface area contributed by atoms with Gasteiger partial charge >= 0.3 is 0 Å². The van der Waals surface area contributed by atoms with E-state index in [2.05, 4.69) is 0 Å². The second-order valence-corrected chi connectivity index (χ2v) is 9.79. The lowest BCUT2D eigenvalue weighted by Crippen LogP contribution is -2.51. The molecule has 0 N–H and O–H groups in total. The topological polar surface area (TPSA) is 85.4 Å². The zero-order chi connectivity index (χ0) is 22.0. The Morgan fingerprint density at radius 2 is 1.58 bits per heavy atom. The summed E-state index contributed by atoms with van der Waals surface area (Å²) in [7, 11) is -3.71. The van der Waals surface area contributed by atoms with Gasteiger partial charge in [-0.05, 0) is 30.3 Å². The maximum Gasteiger partial charge on any atom is 0.260 e. The summed E-state index contributed by atoms with van der Waals surface area (Å²) in [6.45, 7) is 1.52. The van der Waals surface area contributed by atoms with Gasteiger partial charge in [0.05, 0.1) is 4.90 Å². The highest BCUT2D eigenvalue weighted by Crippen LogP contribution is 2.33. The van der Waals surface area contributed by atoms with Crippen molar-refractivity contribution < 1.29 is 27.4 Å². The number of piperazine rings is 1. The highest BCUT2D eigenvalue weighted by Gasteiger charge is 2.31. The number of hydrogen-bond donors (Lipinski definition) is 0. The van der Waals surface area contributed by atoms with Crippen LogP contribution in [0.15, 0.2) is 41.3 Å². The summed E-state index contributed by atoms with van der Waals surface area (Å²) in [6, 6.07) is 9.28. The third-order valence-electron chi connectivity index (χ3n) is 4.94. The van der Waals surface area contributed by atoms with Crippen LogP contribution in [-0.2, 0) is 14.8 Å². The summed E-state index contributed by atoms with van der Waals surface area (Å²) in [6.07, 6.45) is 0. The SMILES string of the molecule is O=C(COc1cc(Cl)cc(Cl)c1)N1CCN(S(=O)(=O)c2ccc3c(c2)OCCO3)CC1. The Labute approximate surface area is 190 Å². The van der Waals surface area contributed by atoms with Gasteiger partial charge in [-0.25, -0.2) is 8.42 Å². The second-order valence-electron chi connectivity index (χ2n) is 6.98. The number of carbonyl (C=O) groups is 1. The van der Waals surface area contributed by atoms with Crippen molar-refractivity contribution >= 4 is 39.1 Å². The predicted octanol–water partition coefficient (Wildman–Crippen LogP) is 2.68. The van der Waals surface area contributed by atoms with Crippen LogP contribution in [-0.4, -0.2) is 69.5 Å². The number of amides is 1. The molecule has 2 aromatic rings. The van der Waals surface area contributed by atoms with Crippen LogP contribution in [0.3, 0.4) is 0 Å². The first kappa shape index (κ1) is 22.0. The maximum atomic E-state index is 13.0. The van der Waals surface area contributed by atoms with E-state index < -0.39 is 10.0 Å². The van der Waals surface area contributed by atoms with E-state index in [0.717, 1.165) is 0 Å². The van der Waals surface area contributed by atoms with E-state index in [4.69, 9.17) is 37.4 Å². The monoisotopic (exact) mass is 486 g/mol. The van der Waals surface area contributed by atoms with Crippen molar-refractivity contribution in [3.63, 3.8) is 0 Å². The molecule has 31 heavy (non-hydrogen) atoms. The summed E-state index contributed by atoms with van der Waals surface area (Å²) in [5.74, 6) is 1.10. The summed E-state index contributed by atoms with van der Waals surface area (Å²) in [5, 5.41) is 0.820. The molecular formula is C20H20Cl2N2O6S. The molecule has 1 saturated heterocycles. The molecule has 2 aliphatic rings. The van der Waals surface area contributed by atoms with Crippen LogP contribution < -0.4 is 14.2 Å². The molecule has 1 fully saturated rings. The van der Waals surface area contributed by atoms with E-state index in [0.29, 0.717) is 40.5 Å². The number of hydrogen-bond acceptors (Lipinski definition) is 6. The van der Waals surface area contributed by atoms with Crippen LogP contribution in [0.1, 0.15) is 0 Å². The van der Waals surface area contributed by atoms with Gasteiger partial charge in [-0.3, -0.25) is 4.79 Å². The predicted molar refractivity (Wildman–Crippen MR) is 115 cm³/mol. The van der Waals surface area contributed by atoms with E-state index in [-0.39, 0.29) is 43.6 Å². The second kappa shape index (κ2) is 9.12. The van der Waals surface area contributed by atoms with Gasteiger partial charge < -0.3 is 19.1 Å². The number of rotatable bonds is 5. The first-order valence-corrected chi connectivity index (χ1v) is 11.8. The molecule has 0 unspecified atom stereocenters.